The van der Waals surface area contributed by atoms with E-state index < -0.39 is 0 Å². The highest BCUT2D eigenvalue weighted by molar-refractivity contribution is 5.95. The van der Waals surface area contributed by atoms with E-state index in [9.17, 15) is 26.7 Å². The van der Waals surface area contributed by atoms with Gasteiger partial charge in [-0.3, -0.25) is 4.79 Å². The number of ketones is 1. The highest BCUT2D eigenvalue weighted by Gasteiger charge is 2.07. The van der Waals surface area contributed by atoms with Crippen molar-refractivity contribution in [2.45, 2.75) is 219 Å². The standard InChI is InChI=1S/2C10H14O.C10H12O.C10H14O.C9H11FO.C9H12O2.2C9H12O.C9H12.C8H9FO.3C8H9F.C8H10.CH4/c1-9(2)8-11-10-6-4-3-5-7-10;1-3-8-11-10-6-4-9(2)5-7-10;1-3-9-6-4-5-7-10(9)8(2)11;1-3-7-11-10-6-4-5-9(2)8-10;1-7(2)11-9-6-4-3-5-8(9)10;1-7-4-5-8(10-2)9(6-7)11-3;1-7-4-5-9(10-3)6-8(7)2;1-2-8-10-9-6-4-3-5-7-9;1-7-4-5-8(2)9(3)6-7;1-6-5-7(10-2)3-4-8(6)9;1-6-3-7(2)5-8(9)4-6;1-6-3-4-8(9)5-7(6)2;1-6-4-3-5-8(9)7(6)2;1-7-5-3-4-6-8(7)2;/h3-7,9H,8H2,1-2H3;4-7H,3,8H2,1-2H3;4-7H,3H2,1-2H3;4-6,8H,3,7H2,1-2H3;3-7H,1-2H3;4-6H,1-3H3;4-6H,1-3H3;3-7H,2,8H2,1H3;4-6H,1-3H3;3-5H,1-2H3;3*3-5H,1-2H3;3-6H,1-2H3;1H4. The van der Waals surface area contributed by atoms with Gasteiger partial charge in [0.2, 0.25) is 0 Å². The number of hydrogen-bond donors (Lipinski definition) is 0. The van der Waals surface area contributed by atoms with E-state index in [1.807, 2.05) is 207 Å². The number of Topliss-reactive ketones (excluding diaryl/α,β-unsaturated/α-hetero) is 1. The summed E-state index contributed by atoms with van der Waals surface area (Å²) >= 11 is 0. The molecule has 0 saturated heterocycles. The number of aryl methyl sites for hydroxylation is 17. The summed E-state index contributed by atoms with van der Waals surface area (Å²) < 4.78 is 110. The summed E-state index contributed by atoms with van der Waals surface area (Å²) in [6.45, 7) is 55.2. The smallest absolute Gasteiger partial charge is 0.165 e. The Morgan fingerprint density at radius 1 is 0.277 bits per heavy atom. The van der Waals surface area contributed by atoms with Gasteiger partial charge in [0.15, 0.2) is 28.8 Å². The quantitative estimate of drug-likeness (QED) is 0.0542. The SMILES string of the molecule is C.CC(C)COc1ccccc1.CC(C)Oc1ccccc1F.CCCOc1ccc(C)cc1.CCCOc1cccc(C)c1.CCCOc1ccccc1.CCc1ccccc1C(C)=O.COc1ccc(C)c(C)c1.COc1ccc(C)cc1OC.COc1ccc(F)c(C)c1.Cc1cc(C)cc(F)c1.Cc1ccc(C)c(C)c1.Cc1ccc(F)cc1C.Cc1cccc(F)c1C.Cc1ccccc1C. The summed E-state index contributed by atoms with van der Waals surface area (Å²) in [5.41, 5.74) is 21.6. The second kappa shape index (κ2) is 75.5. The van der Waals surface area contributed by atoms with Gasteiger partial charge in [0.1, 0.15) is 57.8 Å². The van der Waals surface area contributed by atoms with Crippen molar-refractivity contribution in [2.24, 2.45) is 5.92 Å². The second-order valence-electron chi connectivity index (χ2n) is 34.0. The molecule has 15 heteroatoms. The molecule has 0 saturated carbocycles. The van der Waals surface area contributed by atoms with E-state index in [4.69, 9.17) is 42.6 Å². The minimum Gasteiger partial charge on any atom is -0.497 e. The van der Waals surface area contributed by atoms with Crippen molar-refractivity contribution >= 4 is 5.78 Å². The van der Waals surface area contributed by atoms with Crippen LogP contribution in [0.4, 0.5) is 22.0 Å². The highest BCUT2D eigenvalue weighted by Crippen LogP contribution is 2.28. The van der Waals surface area contributed by atoms with Gasteiger partial charge >= 0.3 is 0 Å². The fraction of sp³-hybridized carbons (Fsp3) is 0.325. The van der Waals surface area contributed by atoms with Gasteiger partial charge in [-0.1, -0.05) is 236 Å². The summed E-state index contributed by atoms with van der Waals surface area (Å²) in [5, 5.41) is 0. The topological polar surface area (TPSA) is 100 Å². The van der Waals surface area contributed by atoms with E-state index in [1.165, 1.54) is 98.1 Å². The summed E-state index contributed by atoms with van der Waals surface area (Å²) in [6.07, 6.45) is 4.14. The van der Waals surface area contributed by atoms with Gasteiger partial charge in [-0.2, -0.15) is 0 Å². The molecule has 141 heavy (non-hydrogen) atoms. The number of methoxy groups -OCH3 is 4. The average Bonchev–Trinajstić information content (AvgIpc) is 0.877. The predicted octanol–water partition coefficient (Wildman–Crippen LogP) is 35.2. The van der Waals surface area contributed by atoms with E-state index in [1.54, 1.807) is 91.7 Å². The summed E-state index contributed by atoms with van der Waals surface area (Å²) in [6, 6.07) is 96.5. The first kappa shape index (κ1) is 128. The molecule has 14 rings (SSSR count). The molecule has 762 valence electrons. The van der Waals surface area contributed by atoms with Crippen LogP contribution in [0.25, 0.3) is 0 Å². The number of benzene rings is 14. The fourth-order valence-electron chi connectivity index (χ4n) is 11.7. The molecule has 0 N–H and O–H groups in total. The molecule has 14 aromatic rings. The molecular formula is C126H163F5O10. The number of rotatable bonds is 20. The van der Waals surface area contributed by atoms with Crippen LogP contribution < -0.4 is 42.6 Å². The third-order valence-electron chi connectivity index (χ3n) is 20.4. The minimum absolute atomic E-state index is 0. The zero-order valence-corrected chi connectivity index (χ0v) is 89.2. The zero-order chi connectivity index (χ0) is 105. The summed E-state index contributed by atoms with van der Waals surface area (Å²) in [7, 11) is 6.52. The Bertz CT molecular complexity index is 5490. The van der Waals surface area contributed by atoms with Crippen LogP contribution in [0.15, 0.2) is 309 Å². The van der Waals surface area contributed by atoms with E-state index in [-0.39, 0.29) is 48.4 Å². The third kappa shape index (κ3) is 59.6. The van der Waals surface area contributed by atoms with E-state index in [0.717, 1.165) is 137 Å². The first-order valence-electron chi connectivity index (χ1n) is 47.8. The Morgan fingerprint density at radius 3 is 1.10 bits per heavy atom. The fourth-order valence-corrected chi connectivity index (χ4v) is 11.7. The Labute approximate surface area is 846 Å². The van der Waals surface area contributed by atoms with Crippen molar-refractivity contribution in [1.82, 2.24) is 0 Å². The van der Waals surface area contributed by atoms with Crippen LogP contribution in [0.1, 0.15) is 200 Å². The van der Waals surface area contributed by atoms with Crippen molar-refractivity contribution < 1.29 is 69.4 Å². The molecule has 0 aromatic heterocycles. The van der Waals surface area contributed by atoms with Crippen LogP contribution in [0.2, 0.25) is 0 Å². The average molecular weight is 1930 g/mol. The van der Waals surface area contributed by atoms with Gasteiger partial charge in [0.25, 0.3) is 0 Å². The predicted molar refractivity (Wildman–Crippen MR) is 586 cm³/mol. The summed E-state index contributed by atoms with van der Waals surface area (Å²) in [5.74, 6) is 7.21. The normalized spacial score (nSPS) is 9.57. The molecule has 14 aromatic carbocycles. The van der Waals surface area contributed by atoms with Crippen LogP contribution in [0, 0.1) is 153 Å². The van der Waals surface area contributed by atoms with Crippen molar-refractivity contribution in [3.8, 4) is 51.7 Å². The molecule has 0 radical (unpaired) electrons. The number of carbonyl (C=O) groups is 1. The minimum atomic E-state index is -0.304. The van der Waals surface area contributed by atoms with Crippen molar-refractivity contribution in [3.63, 3.8) is 0 Å². The lowest BCUT2D eigenvalue weighted by atomic mass is 10.0. The van der Waals surface area contributed by atoms with Crippen LogP contribution in [0.5, 0.6) is 51.7 Å². The van der Waals surface area contributed by atoms with Crippen molar-refractivity contribution in [3.05, 3.63) is 444 Å². The number of halogens is 5. The van der Waals surface area contributed by atoms with Gasteiger partial charge in [0, 0.05) is 5.56 Å². The zero-order valence-electron chi connectivity index (χ0n) is 89.2. The Kier molecular flexibility index (Phi) is 68.4. The third-order valence-corrected chi connectivity index (χ3v) is 20.4. The molecule has 0 aliphatic rings. The molecule has 0 heterocycles. The molecule has 0 spiro atoms. The Morgan fingerprint density at radius 2 is 0.674 bits per heavy atom. The van der Waals surface area contributed by atoms with Crippen molar-refractivity contribution in [1.29, 1.82) is 0 Å². The molecule has 0 atom stereocenters. The van der Waals surface area contributed by atoms with Crippen LogP contribution in [0.3, 0.4) is 0 Å². The number of hydrogen-bond acceptors (Lipinski definition) is 10. The van der Waals surface area contributed by atoms with Gasteiger partial charge in [0.05, 0.1) is 61.0 Å². The molecule has 0 fully saturated rings. The van der Waals surface area contributed by atoms with Gasteiger partial charge < -0.3 is 42.6 Å². The maximum atomic E-state index is 12.8. The molecule has 0 aliphatic carbocycles. The molecule has 0 aliphatic heterocycles. The maximum Gasteiger partial charge on any atom is 0.165 e. The molecule has 0 unspecified atom stereocenters. The Balaban J connectivity index is 0.00000150. The molecule has 0 amide bonds. The summed E-state index contributed by atoms with van der Waals surface area (Å²) in [4.78, 5) is 11.0. The lowest BCUT2D eigenvalue weighted by Gasteiger charge is -2.09. The monoisotopic (exact) mass is 1930 g/mol. The number of para-hydroxylation sites is 3. The van der Waals surface area contributed by atoms with Gasteiger partial charge in [-0.25, -0.2) is 22.0 Å². The van der Waals surface area contributed by atoms with E-state index >= 15 is 0 Å². The first-order valence-corrected chi connectivity index (χ1v) is 47.8. The van der Waals surface area contributed by atoms with Crippen molar-refractivity contribution in [2.75, 3.05) is 54.9 Å². The van der Waals surface area contributed by atoms with Gasteiger partial charge in [-0.05, 0) is 393 Å². The Hall–Kier alpha value is -13.4. The van der Waals surface area contributed by atoms with Crippen LogP contribution >= 0.6 is 0 Å². The van der Waals surface area contributed by atoms with Gasteiger partial charge in [-0.15, -0.1) is 0 Å². The van der Waals surface area contributed by atoms with E-state index in [0.29, 0.717) is 23.0 Å². The number of ether oxygens (including phenoxy) is 9. The van der Waals surface area contributed by atoms with Crippen LogP contribution in [-0.2, 0) is 6.42 Å². The lowest BCUT2D eigenvalue weighted by Crippen LogP contribution is -2.06. The first-order chi connectivity index (χ1) is 66.7. The maximum absolute atomic E-state index is 12.8. The number of carbonyl (C=O) groups excluding carboxylic acids is 1. The van der Waals surface area contributed by atoms with E-state index in [2.05, 4.69) is 177 Å². The highest BCUT2D eigenvalue weighted by atomic mass is 19.1. The molecular weight excluding hydrogens is 1770 g/mol. The van der Waals surface area contributed by atoms with Crippen LogP contribution in [-0.4, -0.2) is 66.8 Å². The molecule has 0 bridgehead atoms. The second-order valence-corrected chi connectivity index (χ2v) is 34.0. The molecule has 10 nitrogen and oxygen atoms in total. The lowest BCUT2D eigenvalue weighted by molar-refractivity contribution is 0.101. The largest absolute Gasteiger partial charge is 0.497 e.